The average molecular weight is 399 g/mol. The van der Waals surface area contributed by atoms with Crippen LogP contribution in [0.4, 0.5) is 10.9 Å². The number of rotatable bonds is 8. The van der Waals surface area contributed by atoms with Crippen LogP contribution in [-0.2, 0) is 6.54 Å². The largest absolute Gasteiger partial charge is 0.493 e. The average Bonchev–Trinajstić information content (AvgIpc) is 3.11. The molecule has 1 aromatic heterocycles. The van der Waals surface area contributed by atoms with E-state index in [4.69, 9.17) is 19.9 Å². The molecule has 0 spiro atoms. The monoisotopic (exact) mass is 399 g/mol. The maximum atomic E-state index is 13.0. The van der Waals surface area contributed by atoms with Crippen LogP contribution in [0.1, 0.15) is 20.8 Å². The number of aromatic nitrogens is 1. The molecule has 146 valence electrons. The van der Waals surface area contributed by atoms with Crippen molar-refractivity contribution in [3.8, 4) is 17.2 Å². The second-order valence-electron chi connectivity index (χ2n) is 5.82. The van der Waals surface area contributed by atoms with Gasteiger partial charge in [0, 0.05) is 12.1 Å². The molecule has 0 bridgehead atoms. The van der Waals surface area contributed by atoms with Gasteiger partial charge in [-0.3, -0.25) is 4.79 Å². The number of ether oxygens (including phenoxy) is 3. The molecular weight excluding hydrogens is 378 g/mol. The molecule has 0 aliphatic heterocycles. The van der Waals surface area contributed by atoms with E-state index in [9.17, 15) is 4.79 Å². The Morgan fingerprint density at radius 3 is 2.29 bits per heavy atom. The van der Waals surface area contributed by atoms with Crippen molar-refractivity contribution in [3.63, 3.8) is 0 Å². The van der Waals surface area contributed by atoms with Gasteiger partial charge >= 0.3 is 0 Å². The van der Waals surface area contributed by atoms with Crippen molar-refractivity contribution in [1.29, 1.82) is 0 Å². The lowest BCUT2D eigenvalue weighted by Crippen LogP contribution is -2.05. The summed E-state index contributed by atoms with van der Waals surface area (Å²) in [7, 11) is 4.50. The van der Waals surface area contributed by atoms with Gasteiger partial charge < -0.3 is 25.3 Å². The van der Waals surface area contributed by atoms with Crippen molar-refractivity contribution in [2.45, 2.75) is 6.54 Å². The van der Waals surface area contributed by atoms with Crippen LogP contribution in [0.2, 0.25) is 0 Å². The van der Waals surface area contributed by atoms with Crippen LogP contribution < -0.4 is 25.3 Å². The Kier molecular flexibility index (Phi) is 6.00. The molecule has 0 saturated carbocycles. The predicted octanol–water partition coefficient (Wildman–Crippen LogP) is 3.59. The quantitative estimate of drug-likeness (QED) is 0.559. The minimum Gasteiger partial charge on any atom is -0.493 e. The minimum atomic E-state index is -0.262. The summed E-state index contributed by atoms with van der Waals surface area (Å²) in [5.74, 6) is 1.14. The number of hydrogen-bond acceptors (Lipinski definition) is 8. The third-order valence-corrected chi connectivity index (χ3v) is 5.10. The molecule has 3 N–H and O–H groups in total. The van der Waals surface area contributed by atoms with Gasteiger partial charge in [-0.2, -0.15) is 0 Å². The first-order chi connectivity index (χ1) is 13.6. The first-order valence-electron chi connectivity index (χ1n) is 8.46. The molecule has 0 radical (unpaired) electrons. The van der Waals surface area contributed by atoms with Crippen molar-refractivity contribution in [1.82, 2.24) is 4.98 Å². The van der Waals surface area contributed by atoms with Crippen molar-refractivity contribution >= 4 is 28.1 Å². The van der Waals surface area contributed by atoms with Gasteiger partial charge in [-0.15, -0.1) is 0 Å². The SMILES string of the molecule is COc1cc(C(=O)c2sc(NCc3ccccc3)nc2N)cc(OC)c1OC. The zero-order valence-electron chi connectivity index (χ0n) is 15.8. The lowest BCUT2D eigenvalue weighted by molar-refractivity contribution is 0.104. The van der Waals surface area contributed by atoms with Crippen LogP contribution in [0.25, 0.3) is 0 Å². The number of anilines is 2. The molecule has 0 fully saturated rings. The van der Waals surface area contributed by atoms with Gasteiger partial charge in [0.1, 0.15) is 10.7 Å². The maximum absolute atomic E-state index is 13.0. The van der Waals surface area contributed by atoms with E-state index in [-0.39, 0.29) is 11.6 Å². The second-order valence-corrected chi connectivity index (χ2v) is 6.81. The Bertz CT molecular complexity index is 948. The molecule has 0 unspecified atom stereocenters. The fourth-order valence-electron chi connectivity index (χ4n) is 2.69. The number of methoxy groups -OCH3 is 3. The smallest absolute Gasteiger partial charge is 0.207 e. The predicted molar refractivity (Wildman–Crippen MR) is 110 cm³/mol. The number of ketones is 1. The third-order valence-electron chi connectivity index (χ3n) is 4.07. The molecule has 3 rings (SSSR count). The van der Waals surface area contributed by atoms with E-state index >= 15 is 0 Å². The lowest BCUT2D eigenvalue weighted by Gasteiger charge is -2.13. The number of carbonyl (C=O) groups excluding carboxylic acids is 1. The third kappa shape index (κ3) is 4.01. The highest BCUT2D eigenvalue weighted by molar-refractivity contribution is 7.18. The lowest BCUT2D eigenvalue weighted by atomic mass is 10.1. The zero-order chi connectivity index (χ0) is 20.1. The molecule has 0 atom stereocenters. The van der Waals surface area contributed by atoms with Crippen molar-refractivity contribution in [3.05, 3.63) is 58.5 Å². The normalized spacial score (nSPS) is 10.4. The molecular formula is C20H21N3O4S. The molecule has 1 heterocycles. The minimum absolute atomic E-state index is 0.180. The number of nitrogens with two attached hydrogens (primary N) is 1. The number of hydrogen-bond donors (Lipinski definition) is 2. The van der Waals surface area contributed by atoms with Crippen LogP contribution in [-0.4, -0.2) is 32.1 Å². The molecule has 3 aromatic rings. The topological polar surface area (TPSA) is 95.7 Å². The van der Waals surface area contributed by atoms with Gasteiger partial charge in [0.25, 0.3) is 0 Å². The maximum Gasteiger partial charge on any atom is 0.207 e. The molecule has 0 saturated heterocycles. The Morgan fingerprint density at radius 1 is 1.07 bits per heavy atom. The van der Waals surface area contributed by atoms with Crippen LogP contribution in [0, 0.1) is 0 Å². The first kappa shape index (κ1) is 19.5. The summed E-state index contributed by atoms with van der Waals surface area (Å²) in [6.45, 7) is 0.589. The van der Waals surface area contributed by atoms with Gasteiger partial charge in [-0.25, -0.2) is 4.98 Å². The van der Waals surface area contributed by atoms with E-state index in [1.165, 1.54) is 32.7 Å². The number of carbonyl (C=O) groups is 1. The Hall–Kier alpha value is -3.26. The fourth-order valence-corrected chi connectivity index (χ4v) is 3.53. The Balaban J connectivity index is 1.85. The van der Waals surface area contributed by atoms with E-state index in [0.717, 1.165) is 5.56 Å². The van der Waals surface area contributed by atoms with Gasteiger partial charge in [0.05, 0.1) is 21.3 Å². The number of nitrogens with one attached hydrogen (secondary N) is 1. The summed E-state index contributed by atoms with van der Waals surface area (Å²) in [5, 5.41) is 3.78. The summed E-state index contributed by atoms with van der Waals surface area (Å²) in [6, 6.07) is 13.1. The summed E-state index contributed by atoms with van der Waals surface area (Å²) in [5.41, 5.74) is 7.48. The van der Waals surface area contributed by atoms with E-state index < -0.39 is 0 Å². The Labute approximate surface area is 167 Å². The molecule has 8 heteroatoms. The van der Waals surface area contributed by atoms with Gasteiger partial charge in [-0.05, 0) is 17.7 Å². The van der Waals surface area contributed by atoms with Gasteiger partial charge in [0.15, 0.2) is 16.6 Å². The second kappa shape index (κ2) is 8.62. The number of thiazole rings is 1. The molecule has 2 aromatic carbocycles. The van der Waals surface area contributed by atoms with E-state index in [1.807, 2.05) is 30.3 Å². The summed E-state index contributed by atoms with van der Waals surface area (Å²) in [4.78, 5) is 17.6. The number of benzene rings is 2. The van der Waals surface area contributed by atoms with Crippen molar-refractivity contribution < 1.29 is 19.0 Å². The van der Waals surface area contributed by atoms with Gasteiger partial charge in [-0.1, -0.05) is 41.7 Å². The standard InChI is InChI=1S/C20H21N3O4S/c1-25-14-9-13(10-15(26-2)17(14)27-3)16(24)18-19(21)23-20(28-18)22-11-12-7-5-4-6-8-12/h4-10H,11,21H2,1-3H3,(H,22,23). The summed E-state index contributed by atoms with van der Waals surface area (Å²) >= 11 is 1.21. The Morgan fingerprint density at radius 2 is 1.71 bits per heavy atom. The van der Waals surface area contributed by atoms with E-state index in [1.54, 1.807) is 12.1 Å². The van der Waals surface area contributed by atoms with E-state index in [0.29, 0.717) is 39.4 Å². The fraction of sp³-hybridized carbons (Fsp3) is 0.200. The molecule has 7 nitrogen and oxygen atoms in total. The van der Waals surface area contributed by atoms with Crippen LogP contribution >= 0.6 is 11.3 Å². The van der Waals surface area contributed by atoms with Crippen molar-refractivity contribution in [2.24, 2.45) is 0 Å². The van der Waals surface area contributed by atoms with Crippen LogP contribution in [0.5, 0.6) is 17.2 Å². The summed E-state index contributed by atoms with van der Waals surface area (Å²) < 4.78 is 15.9. The first-order valence-corrected chi connectivity index (χ1v) is 9.27. The van der Waals surface area contributed by atoms with Crippen LogP contribution in [0.3, 0.4) is 0 Å². The van der Waals surface area contributed by atoms with Crippen LogP contribution in [0.15, 0.2) is 42.5 Å². The molecule has 0 aliphatic carbocycles. The molecule has 28 heavy (non-hydrogen) atoms. The number of nitrogens with zero attached hydrogens (tertiary/aromatic N) is 1. The summed E-state index contributed by atoms with van der Waals surface area (Å²) in [6.07, 6.45) is 0. The van der Waals surface area contributed by atoms with E-state index in [2.05, 4.69) is 10.3 Å². The number of nitrogen functional groups attached to an aromatic ring is 1. The van der Waals surface area contributed by atoms with Gasteiger partial charge in [0.2, 0.25) is 11.5 Å². The highest BCUT2D eigenvalue weighted by Crippen LogP contribution is 2.39. The highest BCUT2D eigenvalue weighted by Gasteiger charge is 2.22. The van der Waals surface area contributed by atoms with Crippen molar-refractivity contribution in [2.75, 3.05) is 32.4 Å². The zero-order valence-corrected chi connectivity index (χ0v) is 16.6. The highest BCUT2D eigenvalue weighted by atomic mass is 32.1. The molecule has 0 aliphatic rings. The molecule has 0 amide bonds.